The Morgan fingerprint density at radius 3 is 1.48 bits per heavy atom. The summed E-state index contributed by atoms with van der Waals surface area (Å²) >= 11 is 0. The first-order chi connectivity index (χ1) is 19.8. The van der Waals surface area contributed by atoms with E-state index in [-0.39, 0.29) is 0 Å². The first-order valence-corrected chi connectivity index (χ1v) is 13.6. The average molecular weight is 511 g/mol. The predicted molar refractivity (Wildman–Crippen MR) is 167 cm³/mol. The molecule has 0 fully saturated rings. The molecule has 0 amide bonds. The first-order valence-electron chi connectivity index (χ1n) is 13.6. The second-order valence-corrected chi connectivity index (χ2v) is 10.5. The molecule has 0 aliphatic rings. The van der Waals surface area contributed by atoms with E-state index in [1.165, 1.54) is 49.0 Å². The van der Waals surface area contributed by atoms with Crippen molar-refractivity contribution in [3.63, 3.8) is 0 Å². The van der Waals surface area contributed by atoms with E-state index >= 15 is 0 Å². The highest BCUT2D eigenvalue weighted by atomic mass is 16.4. The molecule has 0 radical (unpaired) electrons. The second kappa shape index (κ2) is 8.08. The van der Waals surface area contributed by atoms with Crippen molar-refractivity contribution in [1.82, 2.24) is 0 Å². The smallest absolute Gasteiger partial charge is 0.181 e. The summed E-state index contributed by atoms with van der Waals surface area (Å²) in [7, 11) is 0. The average Bonchev–Trinajstić information content (AvgIpc) is 3.55. The van der Waals surface area contributed by atoms with Crippen LogP contribution in [0.1, 0.15) is 0 Å². The van der Waals surface area contributed by atoms with Crippen molar-refractivity contribution >= 4 is 65.4 Å². The van der Waals surface area contributed by atoms with Gasteiger partial charge in [-0.2, -0.15) is 0 Å². The fourth-order valence-electron chi connectivity index (χ4n) is 6.46. The molecule has 2 aromatic heterocycles. The molecule has 2 heterocycles. The van der Waals surface area contributed by atoms with Crippen molar-refractivity contribution in [2.24, 2.45) is 0 Å². The van der Waals surface area contributed by atoms with E-state index in [0.29, 0.717) is 0 Å². The van der Waals surface area contributed by atoms with Gasteiger partial charge in [-0.3, -0.25) is 0 Å². The van der Waals surface area contributed by atoms with Crippen molar-refractivity contribution in [3.8, 4) is 22.3 Å². The highest BCUT2D eigenvalue weighted by Gasteiger charge is 2.20. The van der Waals surface area contributed by atoms with Crippen molar-refractivity contribution in [2.75, 3.05) is 0 Å². The molecular formula is C38H22O2. The van der Waals surface area contributed by atoms with Crippen LogP contribution in [0, 0.1) is 0 Å². The molecule has 0 aliphatic heterocycles. The largest absolute Gasteiger partial charge is 0.452 e. The lowest BCUT2D eigenvalue weighted by molar-refractivity contribution is 0.653. The highest BCUT2D eigenvalue weighted by Crippen LogP contribution is 2.45. The lowest BCUT2D eigenvalue weighted by Gasteiger charge is -2.18. The Bertz CT molecular complexity index is 2380. The minimum Gasteiger partial charge on any atom is -0.452 e. The van der Waals surface area contributed by atoms with Crippen LogP contribution in [0.25, 0.3) is 87.7 Å². The molecule has 0 saturated carbocycles. The summed E-state index contributed by atoms with van der Waals surface area (Å²) in [5, 5.41) is 9.45. The van der Waals surface area contributed by atoms with Gasteiger partial charge in [-0.05, 0) is 84.9 Å². The maximum atomic E-state index is 6.29. The third kappa shape index (κ3) is 2.99. The van der Waals surface area contributed by atoms with Gasteiger partial charge in [0.05, 0.1) is 10.8 Å². The summed E-state index contributed by atoms with van der Waals surface area (Å²) < 4.78 is 12.6. The predicted octanol–water partition coefficient (Wildman–Crippen LogP) is 11.1. The fraction of sp³-hybridized carbons (Fsp3) is 0. The van der Waals surface area contributed by atoms with Gasteiger partial charge in [0.15, 0.2) is 11.2 Å². The monoisotopic (exact) mass is 510 g/mol. The molecule has 2 heteroatoms. The summed E-state index contributed by atoms with van der Waals surface area (Å²) in [6, 6.07) is 47.5. The van der Waals surface area contributed by atoms with E-state index in [4.69, 9.17) is 8.83 Å². The molecule has 0 N–H and O–H groups in total. The van der Waals surface area contributed by atoms with Crippen LogP contribution >= 0.6 is 0 Å². The summed E-state index contributed by atoms with van der Waals surface area (Å²) in [6.07, 6.45) is 0. The molecule has 0 spiro atoms. The second-order valence-electron chi connectivity index (χ2n) is 10.5. The topological polar surface area (TPSA) is 26.3 Å². The van der Waals surface area contributed by atoms with Crippen LogP contribution in [0.2, 0.25) is 0 Å². The van der Waals surface area contributed by atoms with E-state index in [1.807, 2.05) is 18.2 Å². The SMILES string of the molecule is c1ccc2cc(-c3c4ccccc4c(-c4ccc5oc6c7ccccc7oc6c5c4)c4ccccc34)ccc2c1. The van der Waals surface area contributed by atoms with Gasteiger partial charge in [-0.25, -0.2) is 0 Å². The van der Waals surface area contributed by atoms with Gasteiger partial charge in [0.1, 0.15) is 11.2 Å². The molecule has 40 heavy (non-hydrogen) atoms. The van der Waals surface area contributed by atoms with Crippen LogP contribution in [0.5, 0.6) is 0 Å². The standard InChI is InChI=1S/C38H22O2/c1-2-10-24-21-25(18-17-23(24)9-1)35-27-11-3-5-13-29(27)36(30-14-6-4-12-28(30)35)26-19-20-34-32(22-26)38-37(40-34)31-15-7-8-16-33(31)39-38/h1-22H. The van der Waals surface area contributed by atoms with Gasteiger partial charge < -0.3 is 8.83 Å². The Kier molecular flexibility index (Phi) is 4.36. The third-order valence-corrected chi connectivity index (χ3v) is 8.24. The van der Waals surface area contributed by atoms with Gasteiger partial charge in [0.25, 0.3) is 0 Å². The van der Waals surface area contributed by atoms with Gasteiger partial charge in [-0.15, -0.1) is 0 Å². The van der Waals surface area contributed by atoms with Gasteiger partial charge in [0, 0.05) is 0 Å². The molecule has 9 rings (SSSR count). The molecule has 7 aromatic carbocycles. The zero-order valence-electron chi connectivity index (χ0n) is 21.5. The molecule has 2 nitrogen and oxygen atoms in total. The number of fused-ring (bicyclic) bond motifs is 8. The summed E-state index contributed by atoms with van der Waals surface area (Å²) in [4.78, 5) is 0. The summed E-state index contributed by atoms with van der Waals surface area (Å²) in [5.41, 5.74) is 8.17. The van der Waals surface area contributed by atoms with Crippen LogP contribution in [0.3, 0.4) is 0 Å². The van der Waals surface area contributed by atoms with Crippen molar-refractivity contribution in [2.45, 2.75) is 0 Å². The Labute approximate surface area is 229 Å². The van der Waals surface area contributed by atoms with Crippen LogP contribution in [0.15, 0.2) is 142 Å². The van der Waals surface area contributed by atoms with E-state index in [2.05, 4.69) is 115 Å². The van der Waals surface area contributed by atoms with Gasteiger partial charge in [0.2, 0.25) is 0 Å². The number of furan rings is 2. The van der Waals surface area contributed by atoms with Crippen LogP contribution in [0.4, 0.5) is 0 Å². The molecule has 0 bridgehead atoms. The first kappa shape index (κ1) is 21.6. The fourth-order valence-corrected chi connectivity index (χ4v) is 6.46. The Morgan fingerprint density at radius 2 is 0.800 bits per heavy atom. The molecule has 0 unspecified atom stereocenters. The van der Waals surface area contributed by atoms with Gasteiger partial charge in [-0.1, -0.05) is 103 Å². The quantitative estimate of drug-likeness (QED) is 0.216. The molecule has 0 saturated heterocycles. The van der Waals surface area contributed by atoms with Crippen LogP contribution < -0.4 is 0 Å². The number of hydrogen-bond acceptors (Lipinski definition) is 2. The highest BCUT2D eigenvalue weighted by molar-refractivity contribution is 6.22. The Morgan fingerprint density at radius 1 is 0.325 bits per heavy atom. The number of rotatable bonds is 2. The number of hydrogen-bond donors (Lipinski definition) is 0. The van der Waals surface area contributed by atoms with E-state index < -0.39 is 0 Å². The van der Waals surface area contributed by atoms with Crippen molar-refractivity contribution in [3.05, 3.63) is 133 Å². The van der Waals surface area contributed by atoms with Crippen molar-refractivity contribution < 1.29 is 8.83 Å². The maximum Gasteiger partial charge on any atom is 0.181 e. The Balaban J connectivity index is 1.37. The summed E-state index contributed by atoms with van der Waals surface area (Å²) in [5.74, 6) is 0. The van der Waals surface area contributed by atoms with E-state index in [9.17, 15) is 0 Å². The van der Waals surface area contributed by atoms with E-state index in [1.54, 1.807) is 0 Å². The lowest BCUT2D eigenvalue weighted by atomic mass is 9.85. The summed E-state index contributed by atoms with van der Waals surface area (Å²) in [6.45, 7) is 0. The normalized spacial score (nSPS) is 12.0. The minimum absolute atomic E-state index is 0.805. The minimum atomic E-state index is 0.805. The molecular weight excluding hydrogens is 488 g/mol. The Hall–Kier alpha value is -5.34. The van der Waals surface area contributed by atoms with Crippen molar-refractivity contribution in [1.29, 1.82) is 0 Å². The van der Waals surface area contributed by atoms with Crippen LogP contribution in [-0.2, 0) is 0 Å². The molecule has 9 aromatic rings. The molecule has 0 aliphatic carbocycles. The maximum absolute atomic E-state index is 6.29. The van der Waals surface area contributed by atoms with E-state index in [0.717, 1.165) is 38.7 Å². The zero-order valence-corrected chi connectivity index (χ0v) is 21.5. The van der Waals surface area contributed by atoms with Crippen LogP contribution in [-0.4, -0.2) is 0 Å². The molecule has 0 atom stereocenters. The third-order valence-electron chi connectivity index (χ3n) is 8.24. The number of para-hydroxylation sites is 1. The lowest BCUT2D eigenvalue weighted by Crippen LogP contribution is -1.91. The zero-order chi connectivity index (χ0) is 26.2. The number of benzene rings is 7. The molecule has 186 valence electrons. The van der Waals surface area contributed by atoms with Gasteiger partial charge >= 0.3 is 0 Å².